The van der Waals surface area contributed by atoms with E-state index in [-0.39, 0.29) is 23.9 Å². The molecule has 0 radical (unpaired) electrons. The fourth-order valence-electron chi connectivity index (χ4n) is 7.40. The van der Waals surface area contributed by atoms with Crippen LogP contribution in [0.5, 0.6) is 6.01 Å². The van der Waals surface area contributed by atoms with Crippen molar-refractivity contribution in [2.45, 2.75) is 43.8 Å². The topological polar surface area (TPSA) is 92.1 Å². The van der Waals surface area contributed by atoms with Gasteiger partial charge in [-0.3, -0.25) is 9.69 Å². The average molecular weight is 676 g/mol. The summed E-state index contributed by atoms with van der Waals surface area (Å²) in [4.78, 5) is 34.2. The number of ether oxygens (including phenoxy) is 1. The monoisotopic (exact) mass is 674 g/mol. The number of piperazine rings is 2. The first kappa shape index (κ1) is 32.0. The van der Waals surface area contributed by atoms with Crippen LogP contribution in [-0.4, -0.2) is 108 Å². The second-order valence-corrected chi connectivity index (χ2v) is 13.8. The molecule has 47 heavy (non-hydrogen) atoms. The fraction of sp³-hybridized carbons (Fsp3) is 0.486. The lowest BCUT2D eigenvalue weighted by atomic mass is 10.0. The maximum atomic E-state index is 12.8. The zero-order valence-corrected chi connectivity index (χ0v) is 28.3. The maximum absolute atomic E-state index is 12.8. The third kappa shape index (κ3) is 6.47. The summed E-state index contributed by atoms with van der Waals surface area (Å²) in [7, 11) is 2.18. The molecule has 0 N–H and O–H groups in total. The molecular formula is C35H40Cl2N8O2. The quantitative estimate of drug-likeness (QED) is 0.316. The summed E-state index contributed by atoms with van der Waals surface area (Å²) in [5.74, 6) is 0.657. The lowest BCUT2D eigenvalue weighted by molar-refractivity contribution is -0.128. The lowest BCUT2D eigenvalue weighted by Crippen LogP contribution is -2.55. The van der Waals surface area contributed by atoms with Crippen molar-refractivity contribution >= 4 is 51.4 Å². The van der Waals surface area contributed by atoms with Crippen LogP contribution in [0.1, 0.15) is 30.5 Å². The van der Waals surface area contributed by atoms with E-state index in [4.69, 9.17) is 37.9 Å². The Kier molecular flexibility index (Phi) is 9.16. The number of hydrogen-bond donors (Lipinski definition) is 0. The molecule has 246 valence electrons. The van der Waals surface area contributed by atoms with E-state index in [2.05, 4.69) is 57.0 Å². The number of amides is 1. The summed E-state index contributed by atoms with van der Waals surface area (Å²) in [6, 6.07) is 14.7. The Bertz CT molecular complexity index is 1710. The van der Waals surface area contributed by atoms with Crippen molar-refractivity contribution in [2.24, 2.45) is 0 Å². The van der Waals surface area contributed by atoms with Gasteiger partial charge in [0.1, 0.15) is 12.4 Å². The van der Waals surface area contributed by atoms with Gasteiger partial charge >= 0.3 is 6.01 Å². The number of aromatic nitrogens is 2. The van der Waals surface area contributed by atoms with Gasteiger partial charge in [0.2, 0.25) is 5.91 Å². The molecule has 1 aromatic heterocycles. The third-order valence-electron chi connectivity index (χ3n) is 10.3. The Morgan fingerprint density at radius 1 is 1.06 bits per heavy atom. The van der Waals surface area contributed by atoms with Crippen LogP contribution in [0.25, 0.3) is 10.8 Å². The molecule has 1 aliphatic carbocycles. The van der Waals surface area contributed by atoms with E-state index >= 15 is 0 Å². The highest BCUT2D eigenvalue weighted by molar-refractivity contribution is 6.36. The predicted octanol–water partition coefficient (Wildman–Crippen LogP) is 4.69. The molecule has 0 bridgehead atoms. The number of halogens is 2. The maximum Gasteiger partial charge on any atom is 0.318 e. The van der Waals surface area contributed by atoms with Gasteiger partial charge < -0.3 is 24.3 Å². The Labute approximate surface area is 286 Å². The van der Waals surface area contributed by atoms with E-state index in [1.54, 1.807) is 4.90 Å². The number of nitrogens with zero attached hydrogens (tertiary/aromatic N) is 8. The molecule has 4 aliphatic rings. The third-order valence-corrected chi connectivity index (χ3v) is 10.7. The number of fused-ring (bicyclic) bond motifs is 2. The van der Waals surface area contributed by atoms with E-state index in [0.29, 0.717) is 38.8 Å². The fourth-order valence-corrected chi connectivity index (χ4v) is 7.79. The highest BCUT2D eigenvalue weighted by atomic mass is 35.5. The van der Waals surface area contributed by atoms with Crippen molar-refractivity contribution in [3.05, 3.63) is 64.3 Å². The van der Waals surface area contributed by atoms with Gasteiger partial charge in [0.05, 0.1) is 41.3 Å². The van der Waals surface area contributed by atoms with Crippen LogP contribution >= 0.6 is 23.2 Å². The number of likely N-dealkylation sites (N-methyl/N-ethyl adjacent to an activating group) is 1. The van der Waals surface area contributed by atoms with Gasteiger partial charge in [0.15, 0.2) is 0 Å². The van der Waals surface area contributed by atoms with Gasteiger partial charge in [-0.25, -0.2) is 0 Å². The molecule has 7 rings (SSSR count). The molecule has 3 aromatic rings. The first-order valence-corrected chi connectivity index (χ1v) is 17.3. The normalized spacial score (nSPS) is 21.6. The van der Waals surface area contributed by atoms with Crippen molar-refractivity contribution < 1.29 is 9.53 Å². The van der Waals surface area contributed by atoms with Crippen LogP contribution in [0, 0.1) is 11.3 Å². The summed E-state index contributed by atoms with van der Waals surface area (Å²) >= 11 is 12.5. The number of benzene rings is 2. The van der Waals surface area contributed by atoms with E-state index < -0.39 is 0 Å². The van der Waals surface area contributed by atoms with Gasteiger partial charge in [-0.1, -0.05) is 47.5 Å². The van der Waals surface area contributed by atoms with Crippen molar-refractivity contribution in [3.8, 4) is 12.1 Å². The molecule has 2 aromatic carbocycles. The molecule has 1 atom stereocenters. The van der Waals surface area contributed by atoms with E-state index in [1.807, 2.05) is 12.1 Å². The summed E-state index contributed by atoms with van der Waals surface area (Å²) in [5, 5.41) is 12.5. The molecule has 4 heterocycles. The minimum absolute atomic E-state index is 0.0479. The molecule has 12 heteroatoms. The SMILES string of the molecule is CN1CCN(C2(COc3nc4c(c(N5CCN(C(=O)/C=C\Cl)[C@@H](CC#N)C5)n3)CCN(c3cccc5cccc(Cl)c35)C4)CC2)CC1. The van der Waals surface area contributed by atoms with Gasteiger partial charge in [-0.05, 0) is 43.8 Å². The summed E-state index contributed by atoms with van der Waals surface area (Å²) in [5.41, 5.74) is 4.39. The highest BCUT2D eigenvalue weighted by Gasteiger charge is 2.49. The first-order chi connectivity index (χ1) is 22.9. The van der Waals surface area contributed by atoms with Gasteiger partial charge in [-0.2, -0.15) is 15.2 Å². The predicted molar refractivity (Wildman–Crippen MR) is 185 cm³/mol. The number of anilines is 2. The summed E-state index contributed by atoms with van der Waals surface area (Å²) in [6.07, 6.45) is 4.55. The van der Waals surface area contributed by atoms with Crippen molar-refractivity contribution in [2.75, 3.05) is 75.8 Å². The Balaban J connectivity index is 1.20. The highest BCUT2D eigenvalue weighted by Crippen LogP contribution is 2.43. The van der Waals surface area contributed by atoms with Crippen LogP contribution in [0.2, 0.25) is 5.02 Å². The van der Waals surface area contributed by atoms with Gasteiger partial charge in [-0.15, -0.1) is 0 Å². The molecule has 2 saturated heterocycles. The standard InChI is InChI=1S/C35H40Cl2N8O2/c1-41-16-19-44(20-17-41)35(11-12-35)24-47-34-39-29-23-42(30-7-3-5-25-4-2-6-28(37)32(25)30)15-10-27(29)33(40-34)43-18-21-45(31(46)8-13-36)26(22-43)9-14-38/h2-8,13,26H,9-12,15-24H2,1H3/b13-8-/t26-/m0/s1. The van der Waals surface area contributed by atoms with Crippen LogP contribution in [0.3, 0.4) is 0 Å². The number of carbonyl (C=O) groups excluding carboxylic acids is 1. The number of rotatable bonds is 8. The van der Waals surface area contributed by atoms with E-state index in [9.17, 15) is 10.1 Å². The van der Waals surface area contributed by atoms with Crippen LogP contribution < -0.4 is 14.5 Å². The van der Waals surface area contributed by atoms with Crippen LogP contribution in [-0.2, 0) is 17.8 Å². The second kappa shape index (κ2) is 13.5. The van der Waals surface area contributed by atoms with Crippen molar-refractivity contribution in [1.82, 2.24) is 24.7 Å². The molecule has 0 unspecified atom stereocenters. The zero-order valence-electron chi connectivity index (χ0n) is 26.7. The molecule has 10 nitrogen and oxygen atoms in total. The van der Waals surface area contributed by atoms with Crippen LogP contribution in [0.4, 0.5) is 11.5 Å². The number of hydrogen-bond acceptors (Lipinski definition) is 9. The smallest absolute Gasteiger partial charge is 0.318 e. The lowest BCUT2D eigenvalue weighted by Gasteiger charge is -2.42. The van der Waals surface area contributed by atoms with Crippen molar-refractivity contribution in [3.63, 3.8) is 0 Å². The molecule has 1 saturated carbocycles. The van der Waals surface area contributed by atoms with Crippen LogP contribution in [0.15, 0.2) is 48.0 Å². The number of carbonyl (C=O) groups is 1. The van der Waals surface area contributed by atoms with Crippen molar-refractivity contribution in [1.29, 1.82) is 5.26 Å². The van der Waals surface area contributed by atoms with Gasteiger partial charge in [0, 0.05) is 80.6 Å². The first-order valence-electron chi connectivity index (χ1n) is 16.5. The minimum atomic E-state index is -0.283. The summed E-state index contributed by atoms with van der Waals surface area (Å²) < 4.78 is 6.52. The second-order valence-electron chi connectivity index (χ2n) is 13.1. The molecule has 1 amide bonds. The summed E-state index contributed by atoms with van der Waals surface area (Å²) in [6.45, 7) is 7.68. The number of nitriles is 1. The minimum Gasteiger partial charge on any atom is -0.461 e. The average Bonchev–Trinajstić information content (AvgIpc) is 3.88. The zero-order chi connectivity index (χ0) is 32.5. The largest absolute Gasteiger partial charge is 0.461 e. The van der Waals surface area contributed by atoms with E-state index in [1.165, 1.54) is 11.6 Å². The molecule has 0 spiro atoms. The molecule has 3 fully saturated rings. The van der Waals surface area contributed by atoms with Gasteiger partial charge in [0.25, 0.3) is 0 Å². The van der Waals surface area contributed by atoms with E-state index in [0.717, 1.165) is 90.5 Å². The Morgan fingerprint density at radius 2 is 1.85 bits per heavy atom. The Hall–Kier alpha value is -3.62. The molecule has 3 aliphatic heterocycles. The molecular weight excluding hydrogens is 635 g/mol. The Morgan fingerprint density at radius 3 is 2.60 bits per heavy atom.